The van der Waals surface area contributed by atoms with E-state index < -0.39 is 0 Å². The SMILES string of the molecule is CC12CCC(c3c(-c4ccccc4)nc(N4CCN(Cc5ccccc5)CC4)nc31)C2(C)C. The molecule has 2 atom stereocenters. The fourth-order valence-corrected chi connectivity index (χ4v) is 6.54. The minimum absolute atomic E-state index is 0.128. The Morgan fingerprint density at radius 1 is 0.848 bits per heavy atom. The first-order chi connectivity index (χ1) is 16.0. The van der Waals surface area contributed by atoms with Crippen molar-refractivity contribution in [2.45, 2.75) is 51.5 Å². The number of benzene rings is 2. The fourth-order valence-electron chi connectivity index (χ4n) is 6.54. The number of rotatable bonds is 4. The Balaban J connectivity index is 1.33. The molecule has 1 aliphatic heterocycles. The standard InChI is InChI=1S/C29H34N4/c1-28(2)23-14-15-29(28,3)26-24(23)25(22-12-8-5-9-13-22)30-27(31-26)33-18-16-32(17-19-33)20-21-10-6-4-7-11-21/h4-13,23H,14-20H2,1-3H3. The highest BCUT2D eigenvalue weighted by atomic mass is 15.3. The topological polar surface area (TPSA) is 32.3 Å². The highest BCUT2D eigenvalue weighted by molar-refractivity contribution is 5.70. The summed E-state index contributed by atoms with van der Waals surface area (Å²) in [5.41, 5.74) is 6.88. The molecule has 4 nitrogen and oxygen atoms in total. The van der Waals surface area contributed by atoms with Gasteiger partial charge in [0.15, 0.2) is 0 Å². The lowest BCUT2D eigenvalue weighted by atomic mass is 9.70. The molecule has 0 amide bonds. The van der Waals surface area contributed by atoms with Gasteiger partial charge in [-0.2, -0.15) is 0 Å². The summed E-state index contributed by atoms with van der Waals surface area (Å²) in [5.74, 6) is 1.47. The number of hydrogen-bond acceptors (Lipinski definition) is 4. The second kappa shape index (κ2) is 7.66. The van der Waals surface area contributed by atoms with E-state index in [4.69, 9.17) is 9.97 Å². The normalized spacial score (nSPS) is 25.9. The third kappa shape index (κ3) is 3.22. The maximum atomic E-state index is 5.32. The van der Waals surface area contributed by atoms with Gasteiger partial charge in [-0.05, 0) is 29.7 Å². The van der Waals surface area contributed by atoms with E-state index >= 15 is 0 Å². The van der Waals surface area contributed by atoms with Crippen LogP contribution < -0.4 is 4.90 Å². The summed E-state index contributed by atoms with van der Waals surface area (Å²) >= 11 is 0. The minimum Gasteiger partial charge on any atom is -0.338 e. The van der Waals surface area contributed by atoms with Crippen LogP contribution in [0.3, 0.4) is 0 Å². The Kier molecular flexibility index (Phi) is 4.84. The van der Waals surface area contributed by atoms with Crippen molar-refractivity contribution in [1.82, 2.24) is 14.9 Å². The Morgan fingerprint density at radius 2 is 1.52 bits per heavy atom. The molecule has 170 valence electrons. The molecule has 2 aliphatic carbocycles. The molecular formula is C29H34N4. The number of piperazine rings is 1. The monoisotopic (exact) mass is 438 g/mol. The molecule has 1 saturated carbocycles. The second-order valence-electron chi connectivity index (χ2n) is 10.9. The zero-order chi connectivity index (χ0) is 22.6. The van der Waals surface area contributed by atoms with E-state index in [2.05, 4.69) is 91.2 Å². The molecule has 2 unspecified atom stereocenters. The fraction of sp³-hybridized carbons (Fsp3) is 0.448. The summed E-state index contributed by atoms with van der Waals surface area (Å²) in [7, 11) is 0. The molecule has 33 heavy (non-hydrogen) atoms. The lowest BCUT2D eigenvalue weighted by molar-refractivity contribution is 0.227. The summed E-state index contributed by atoms with van der Waals surface area (Å²) in [4.78, 5) is 15.5. The summed E-state index contributed by atoms with van der Waals surface area (Å²) < 4.78 is 0. The van der Waals surface area contributed by atoms with Crippen molar-refractivity contribution >= 4 is 5.95 Å². The molecular weight excluding hydrogens is 404 g/mol. The van der Waals surface area contributed by atoms with Crippen molar-refractivity contribution in [2.24, 2.45) is 5.41 Å². The van der Waals surface area contributed by atoms with E-state index in [1.165, 1.54) is 40.9 Å². The van der Waals surface area contributed by atoms with Crippen LogP contribution in [0.4, 0.5) is 5.95 Å². The Morgan fingerprint density at radius 3 is 2.21 bits per heavy atom. The summed E-state index contributed by atoms with van der Waals surface area (Å²) in [5, 5.41) is 0. The van der Waals surface area contributed by atoms with E-state index in [0.717, 1.165) is 38.7 Å². The predicted molar refractivity (Wildman–Crippen MR) is 135 cm³/mol. The first kappa shape index (κ1) is 20.9. The third-order valence-electron chi connectivity index (χ3n) is 8.98. The Hall–Kier alpha value is -2.72. The maximum absolute atomic E-state index is 5.32. The van der Waals surface area contributed by atoms with E-state index in [-0.39, 0.29) is 10.8 Å². The van der Waals surface area contributed by atoms with Crippen molar-refractivity contribution in [3.63, 3.8) is 0 Å². The zero-order valence-corrected chi connectivity index (χ0v) is 20.1. The molecule has 2 aromatic carbocycles. The van der Waals surface area contributed by atoms with Gasteiger partial charge in [0.2, 0.25) is 5.95 Å². The van der Waals surface area contributed by atoms with Crippen LogP contribution in [0, 0.1) is 5.41 Å². The molecule has 4 heteroatoms. The Bertz CT molecular complexity index is 1150. The molecule has 3 aromatic rings. The van der Waals surface area contributed by atoms with Crippen molar-refractivity contribution in [2.75, 3.05) is 31.1 Å². The highest BCUT2D eigenvalue weighted by Gasteiger charge is 2.61. The number of fused-ring (bicyclic) bond motifs is 5. The van der Waals surface area contributed by atoms with Gasteiger partial charge >= 0.3 is 0 Å². The van der Waals surface area contributed by atoms with Crippen LogP contribution in [0.2, 0.25) is 0 Å². The molecule has 0 radical (unpaired) electrons. The van der Waals surface area contributed by atoms with Gasteiger partial charge in [0.25, 0.3) is 0 Å². The van der Waals surface area contributed by atoms with Crippen LogP contribution in [0.15, 0.2) is 60.7 Å². The molecule has 1 saturated heterocycles. The third-order valence-corrected chi connectivity index (χ3v) is 8.98. The van der Waals surface area contributed by atoms with Gasteiger partial charge in [-0.1, -0.05) is 81.4 Å². The van der Waals surface area contributed by atoms with Crippen molar-refractivity contribution in [3.05, 3.63) is 77.5 Å². The lowest BCUT2D eigenvalue weighted by Crippen LogP contribution is -2.46. The van der Waals surface area contributed by atoms with Crippen LogP contribution in [-0.4, -0.2) is 41.0 Å². The van der Waals surface area contributed by atoms with Gasteiger partial charge < -0.3 is 4.90 Å². The number of hydrogen-bond donors (Lipinski definition) is 0. The number of nitrogens with zero attached hydrogens (tertiary/aromatic N) is 4. The van der Waals surface area contributed by atoms with Crippen LogP contribution in [-0.2, 0) is 12.0 Å². The quantitative estimate of drug-likeness (QED) is 0.528. The van der Waals surface area contributed by atoms with Gasteiger partial charge in [-0.25, -0.2) is 9.97 Å². The largest absolute Gasteiger partial charge is 0.338 e. The van der Waals surface area contributed by atoms with E-state index in [1.807, 2.05) is 0 Å². The number of anilines is 1. The number of aromatic nitrogens is 2. The van der Waals surface area contributed by atoms with Crippen molar-refractivity contribution in [1.29, 1.82) is 0 Å². The summed E-state index contributed by atoms with van der Waals surface area (Å²) in [6.07, 6.45) is 2.48. The van der Waals surface area contributed by atoms with Gasteiger partial charge in [-0.15, -0.1) is 0 Å². The van der Waals surface area contributed by atoms with E-state index in [9.17, 15) is 0 Å². The molecule has 0 N–H and O–H groups in total. The molecule has 2 fully saturated rings. The summed E-state index contributed by atoms with van der Waals surface area (Å²) in [6.45, 7) is 12.4. The average molecular weight is 439 g/mol. The first-order valence-electron chi connectivity index (χ1n) is 12.5. The van der Waals surface area contributed by atoms with Gasteiger partial charge in [0.05, 0.1) is 11.4 Å². The van der Waals surface area contributed by atoms with Crippen molar-refractivity contribution < 1.29 is 0 Å². The van der Waals surface area contributed by atoms with Crippen LogP contribution in [0.5, 0.6) is 0 Å². The first-order valence-corrected chi connectivity index (χ1v) is 12.5. The summed E-state index contributed by atoms with van der Waals surface area (Å²) in [6, 6.07) is 21.6. The van der Waals surface area contributed by atoms with Crippen molar-refractivity contribution in [3.8, 4) is 11.3 Å². The van der Waals surface area contributed by atoms with Crippen LogP contribution in [0.25, 0.3) is 11.3 Å². The van der Waals surface area contributed by atoms with E-state index in [0.29, 0.717) is 5.92 Å². The molecule has 2 bridgehead atoms. The Labute approximate surface area is 197 Å². The predicted octanol–water partition coefficient (Wildman–Crippen LogP) is 5.64. The van der Waals surface area contributed by atoms with Gasteiger partial charge in [0, 0.05) is 49.3 Å². The average Bonchev–Trinajstić information content (AvgIpc) is 3.18. The van der Waals surface area contributed by atoms with E-state index in [1.54, 1.807) is 0 Å². The molecule has 6 rings (SSSR count). The minimum atomic E-state index is 0.128. The molecule has 0 spiro atoms. The second-order valence-corrected chi connectivity index (χ2v) is 10.9. The smallest absolute Gasteiger partial charge is 0.226 e. The molecule has 2 heterocycles. The highest BCUT2D eigenvalue weighted by Crippen LogP contribution is 2.68. The van der Waals surface area contributed by atoms with Crippen LogP contribution >= 0.6 is 0 Å². The van der Waals surface area contributed by atoms with Gasteiger partial charge in [-0.3, -0.25) is 4.90 Å². The lowest BCUT2D eigenvalue weighted by Gasteiger charge is -2.36. The molecule has 3 aliphatic rings. The maximum Gasteiger partial charge on any atom is 0.226 e. The van der Waals surface area contributed by atoms with Crippen LogP contribution in [0.1, 0.15) is 56.4 Å². The molecule has 1 aromatic heterocycles. The van der Waals surface area contributed by atoms with Gasteiger partial charge in [0.1, 0.15) is 0 Å². The zero-order valence-electron chi connectivity index (χ0n) is 20.1.